The Balaban J connectivity index is 2.30. The van der Waals surface area contributed by atoms with E-state index < -0.39 is 5.97 Å². The standard InChI is InChI=1S/C9H11NO2S2/c1-7(6-9(11)12)13-14-8-4-2-3-5-10-8/h2-5,7H,6H2,1H3,(H,11,12). The average molecular weight is 229 g/mol. The van der Waals surface area contributed by atoms with Crippen LogP contribution in [0.2, 0.25) is 0 Å². The van der Waals surface area contributed by atoms with E-state index in [0.717, 1.165) is 5.03 Å². The molecule has 0 radical (unpaired) electrons. The summed E-state index contributed by atoms with van der Waals surface area (Å²) >= 11 is 0. The molecule has 76 valence electrons. The zero-order valence-corrected chi connectivity index (χ0v) is 9.35. The van der Waals surface area contributed by atoms with Gasteiger partial charge in [-0.2, -0.15) is 0 Å². The highest BCUT2D eigenvalue weighted by Gasteiger charge is 2.08. The number of nitrogens with zero attached hydrogens (tertiary/aromatic N) is 1. The number of rotatable bonds is 5. The average Bonchev–Trinajstić information content (AvgIpc) is 2.15. The van der Waals surface area contributed by atoms with E-state index in [9.17, 15) is 4.79 Å². The van der Waals surface area contributed by atoms with Crippen molar-refractivity contribution in [2.24, 2.45) is 0 Å². The summed E-state index contributed by atoms with van der Waals surface area (Å²) in [4.78, 5) is 14.5. The number of carboxylic acid groups (broad SMARTS) is 1. The summed E-state index contributed by atoms with van der Waals surface area (Å²) in [6.07, 6.45) is 1.91. The third-order valence-corrected chi connectivity index (χ3v) is 4.19. The highest BCUT2D eigenvalue weighted by molar-refractivity contribution is 8.76. The molecule has 0 spiro atoms. The van der Waals surface area contributed by atoms with Gasteiger partial charge in [0.05, 0.1) is 6.42 Å². The Bertz CT molecular complexity index is 292. The van der Waals surface area contributed by atoms with Gasteiger partial charge in [0.2, 0.25) is 0 Å². The van der Waals surface area contributed by atoms with Crippen molar-refractivity contribution in [2.75, 3.05) is 0 Å². The Morgan fingerprint density at radius 3 is 3.00 bits per heavy atom. The molecule has 0 aliphatic carbocycles. The summed E-state index contributed by atoms with van der Waals surface area (Å²) in [5.74, 6) is -0.758. The molecular formula is C9H11NO2S2. The van der Waals surface area contributed by atoms with Crippen LogP contribution >= 0.6 is 21.6 Å². The topological polar surface area (TPSA) is 50.2 Å². The zero-order valence-electron chi connectivity index (χ0n) is 7.71. The van der Waals surface area contributed by atoms with Crippen molar-refractivity contribution >= 4 is 27.6 Å². The quantitative estimate of drug-likeness (QED) is 0.787. The van der Waals surface area contributed by atoms with Gasteiger partial charge in [0, 0.05) is 11.4 Å². The first-order valence-corrected chi connectivity index (χ1v) is 6.36. The van der Waals surface area contributed by atoms with Gasteiger partial charge in [0.25, 0.3) is 0 Å². The summed E-state index contributed by atoms with van der Waals surface area (Å²) < 4.78 is 0. The SMILES string of the molecule is CC(CC(=O)O)SSc1ccccn1. The van der Waals surface area contributed by atoms with Crippen molar-refractivity contribution < 1.29 is 9.90 Å². The number of aliphatic carboxylic acids is 1. The summed E-state index contributed by atoms with van der Waals surface area (Å²) in [5.41, 5.74) is 0. The Labute approximate surface area is 90.7 Å². The molecule has 3 nitrogen and oxygen atoms in total. The maximum atomic E-state index is 10.4. The predicted molar refractivity (Wildman–Crippen MR) is 59.4 cm³/mol. The molecule has 0 amide bonds. The lowest BCUT2D eigenvalue weighted by atomic mass is 10.3. The second-order valence-corrected chi connectivity index (χ2v) is 5.42. The number of hydrogen-bond acceptors (Lipinski definition) is 4. The fraction of sp³-hybridized carbons (Fsp3) is 0.333. The van der Waals surface area contributed by atoms with E-state index in [1.165, 1.54) is 21.6 Å². The van der Waals surface area contributed by atoms with Gasteiger partial charge < -0.3 is 5.11 Å². The van der Waals surface area contributed by atoms with Crippen LogP contribution in [0.5, 0.6) is 0 Å². The Kier molecular flexibility index (Phi) is 4.82. The van der Waals surface area contributed by atoms with Crippen LogP contribution in [0, 0.1) is 0 Å². The van der Waals surface area contributed by atoms with Gasteiger partial charge in [-0.1, -0.05) is 23.8 Å². The highest BCUT2D eigenvalue weighted by Crippen LogP contribution is 2.33. The zero-order chi connectivity index (χ0) is 10.4. The monoisotopic (exact) mass is 229 g/mol. The molecule has 1 unspecified atom stereocenters. The molecule has 0 aliphatic rings. The predicted octanol–water partition coefficient (Wildman–Crippen LogP) is 2.69. The first-order valence-electron chi connectivity index (χ1n) is 4.14. The van der Waals surface area contributed by atoms with E-state index in [-0.39, 0.29) is 11.7 Å². The van der Waals surface area contributed by atoms with E-state index in [1.54, 1.807) is 6.20 Å². The fourth-order valence-corrected chi connectivity index (χ4v) is 2.81. The minimum absolute atomic E-state index is 0.0968. The second-order valence-electron chi connectivity index (χ2n) is 2.76. The third kappa shape index (κ3) is 4.53. The Hall–Kier alpha value is -0.680. The van der Waals surface area contributed by atoms with Crippen molar-refractivity contribution in [3.8, 4) is 0 Å². The molecular weight excluding hydrogens is 218 g/mol. The molecule has 0 fully saturated rings. The van der Waals surface area contributed by atoms with Crippen LogP contribution in [-0.2, 0) is 4.79 Å². The molecule has 1 heterocycles. The van der Waals surface area contributed by atoms with Crippen LogP contribution in [0.1, 0.15) is 13.3 Å². The molecule has 0 saturated carbocycles. The molecule has 1 N–H and O–H groups in total. The van der Waals surface area contributed by atoms with Crippen LogP contribution in [0.4, 0.5) is 0 Å². The lowest BCUT2D eigenvalue weighted by molar-refractivity contribution is -0.136. The van der Waals surface area contributed by atoms with Crippen molar-refractivity contribution in [1.82, 2.24) is 4.98 Å². The van der Waals surface area contributed by atoms with Crippen LogP contribution in [0.3, 0.4) is 0 Å². The third-order valence-electron chi connectivity index (χ3n) is 1.40. The van der Waals surface area contributed by atoms with Gasteiger partial charge in [0.1, 0.15) is 5.03 Å². The van der Waals surface area contributed by atoms with Crippen molar-refractivity contribution in [1.29, 1.82) is 0 Å². The Morgan fingerprint density at radius 1 is 1.64 bits per heavy atom. The molecule has 1 rings (SSSR count). The first kappa shape index (κ1) is 11.4. The molecule has 1 aromatic heterocycles. The van der Waals surface area contributed by atoms with Crippen LogP contribution in [0.25, 0.3) is 0 Å². The number of carbonyl (C=O) groups is 1. The van der Waals surface area contributed by atoms with Crippen molar-refractivity contribution in [3.63, 3.8) is 0 Å². The van der Waals surface area contributed by atoms with Gasteiger partial charge >= 0.3 is 5.97 Å². The van der Waals surface area contributed by atoms with E-state index in [1.807, 2.05) is 25.1 Å². The molecule has 0 saturated heterocycles. The summed E-state index contributed by atoms with van der Waals surface area (Å²) in [6, 6.07) is 5.68. The minimum Gasteiger partial charge on any atom is -0.481 e. The molecule has 1 atom stereocenters. The highest BCUT2D eigenvalue weighted by atomic mass is 33.1. The maximum absolute atomic E-state index is 10.4. The lowest BCUT2D eigenvalue weighted by Crippen LogP contribution is -2.04. The number of pyridine rings is 1. The molecule has 14 heavy (non-hydrogen) atoms. The number of aromatic nitrogens is 1. The van der Waals surface area contributed by atoms with Gasteiger partial charge in [-0.15, -0.1) is 0 Å². The normalized spacial score (nSPS) is 12.4. The summed E-state index contributed by atoms with van der Waals surface area (Å²) in [5, 5.41) is 9.55. The van der Waals surface area contributed by atoms with Crippen molar-refractivity contribution in [3.05, 3.63) is 24.4 Å². The fourth-order valence-electron chi connectivity index (χ4n) is 0.808. The van der Waals surface area contributed by atoms with Crippen LogP contribution in [0.15, 0.2) is 29.4 Å². The molecule has 0 bridgehead atoms. The van der Waals surface area contributed by atoms with Gasteiger partial charge in [-0.25, -0.2) is 4.98 Å². The van der Waals surface area contributed by atoms with E-state index in [0.29, 0.717) is 0 Å². The second kappa shape index (κ2) is 5.93. The smallest absolute Gasteiger partial charge is 0.304 e. The molecule has 1 aromatic rings. The summed E-state index contributed by atoms with van der Waals surface area (Å²) in [7, 11) is 3.04. The van der Waals surface area contributed by atoms with Crippen LogP contribution < -0.4 is 0 Å². The largest absolute Gasteiger partial charge is 0.481 e. The molecule has 0 aliphatic heterocycles. The van der Waals surface area contributed by atoms with Crippen molar-refractivity contribution in [2.45, 2.75) is 23.6 Å². The van der Waals surface area contributed by atoms with E-state index in [4.69, 9.17) is 5.11 Å². The number of hydrogen-bond donors (Lipinski definition) is 1. The van der Waals surface area contributed by atoms with E-state index in [2.05, 4.69) is 4.98 Å². The van der Waals surface area contributed by atoms with Gasteiger partial charge in [0.15, 0.2) is 0 Å². The summed E-state index contributed by atoms with van der Waals surface area (Å²) in [6.45, 7) is 1.90. The minimum atomic E-state index is -0.758. The van der Waals surface area contributed by atoms with Gasteiger partial charge in [-0.3, -0.25) is 4.79 Å². The molecule has 5 heteroatoms. The molecule has 0 aromatic carbocycles. The first-order chi connectivity index (χ1) is 6.68. The Morgan fingerprint density at radius 2 is 2.43 bits per heavy atom. The van der Waals surface area contributed by atoms with E-state index >= 15 is 0 Å². The van der Waals surface area contributed by atoms with Crippen LogP contribution in [-0.4, -0.2) is 21.3 Å². The number of carboxylic acids is 1. The lowest BCUT2D eigenvalue weighted by Gasteiger charge is -2.05. The maximum Gasteiger partial charge on any atom is 0.304 e. The van der Waals surface area contributed by atoms with Gasteiger partial charge in [-0.05, 0) is 22.9 Å².